The molecular weight excluding hydrogens is 725 g/mol. The molecule has 0 saturated carbocycles. The van der Waals surface area contributed by atoms with E-state index in [1.54, 1.807) is 0 Å². The highest BCUT2D eigenvalue weighted by atomic mass is 15.2. The molecule has 0 atom stereocenters. The second-order valence-electron chi connectivity index (χ2n) is 16.1. The van der Waals surface area contributed by atoms with Crippen LogP contribution in [0.4, 0.5) is 34.1 Å². The molecule has 0 bridgehead atoms. The average Bonchev–Trinajstić information content (AvgIpc) is 3.31. The van der Waals surface area contributed by atoms with Crippen molar-refractivity contribution in [3.8, 4) is 0 Å². The van der Waals surface area contributed by atoms with E-state index in [1.807, 2.05) is 0 Å². The number of rotatable bonds is 6. The number of anilines is 6. The molecule has 0 fully saturated rings. The third kappa shape index (κ3) is 4.82. The number of hydrogen-bond donors (Lipinski definition) is 0. The second-order valence-corrected chi connectivity index (χ2v) is 16.1. The van der Waals surface area contributed by atoms with Crippen LogP contribution in [0.2, 0.25) is 0 Å². The third-order valence-corrected chi connectivity index (χ3v) is 12.8. The van der Waals surface area contributed by atoms with Gasteiger partial charge in [-0.05, 0) is 113 Å². The lowest BCUT2D eigenvalue weighted by Gasteiger charge is -2.33. The number of fused-ring (bicyclic) bond motifs is 2. The molecular formula is C58H36N2. The summed E-state index contributed by atoms with van der Waals surface area (Å²) in [6, 6.07) is 80.8. The largest absolute Gasteiger partial charge is 0.309 e. The Morgan fingerprint density at radius 1 is 0.200 bits per heavy atom. The van der Waals surface area contributed by atoms with Gasteiger partial charge in [0.15, 0.2) is 0 Å². The molecule has 2 heteroatoms. The lowest BCUT2D eigenvalue weighted by molar-refractivity contribution is 1.30. The van der Waals surface area contributed by atoms with Gasteiger partial charge in [0.25, 0.3) is 0 Å². The molecule has 0 spiro atoms. The zero-order valence-corrected chi connectivity index (χ0v) is 32.7. The first-order valence-corrected chi connectivity index (χ1v) is 20.8. The summed E-state index contributed by atoms with van der Waals surface area (Å²) in [5.74, 6) is 0. The summed E-state index contributed by atoms with van der Waals surface area (Å²) in [6.45, 7) is 0. The fourth-order valence-electron chi connectivity index (χ4n) is 10.3. The quantitative estimate of drug-likeness (QED) is 0.0946. The Balaban J connectivity index is 1.12. The molecule has 0 aliphatic heterocycles. The first-order valence-electron chi connectivity index (χ1n) is 20.8. The van der Waals surface area contributed by atoms with Crippen molar-refractivity contribution < 1.29 is 0 Å². The van der Waals surface area contributed by atoms with E-state index < -0.39 is 0 Å². The minimum Gasteiger partial charge on any atom is -0.309 e. The summed E-state index contributed by atoms with van der Waals surface area (Å²) in [5, 5.41) is 20.1. The van der Waals surface area contributed by atoms with Crippen LogP contribution in [-0.2, 0) is 0 Å². The van der Waals surface area contributed by atoms with E-state index in [0.29, 0.717) is 0 Å². The van der Waals surface area contributed by atoms with E-state index in [0.717, 1.165) is 34.1 Å². The summed E-state index contributed by atoms with van der Waals surface area (Å²) >= 11 is 0. The van der Waals surface area contributed by atoms with Gasteiger partial charge in [-0.2, -0.15) is 0 Å². The molecule has 13 rings (SSSR count). The number of hydrogen-bond acceptors (Lipinski definition) is 2. The summed E-state index contributed by atoms with van der Waals surface area (Å²) in [6.07, 6.45) is 0. The first kappa shape index (κ1) is 33.1. The summed E-state index contributed by atoms with van der Waals surface area (Å²) < 4.78 is 0. The maximum atomic E-state index is 2.49. The highest BCUT2D eigenvalue weighted by Gasteiger charge is 2.26. The van der Waals surface area contributed by atoms with E-state index in [2.05, 4.69) is 228 Å². The number of para-hydroxylation sites is 2. The van der Waals surface area contributed by atoms with Gasteiger partial charge in [0.2, 0.25) is 0 Å². The fourth-order valence-corrected chi connectivity index (χ4v) is 10.3. The predicted octanol–water partition coefficient (Wildman–Crippen LogP) is 16.7. The third-order valence-electron chi connectivity index (χ3n) is 12.8. The zero-order valence-electron chi connectivity index (χ0n) is 32.7. The highest BCUT2D eigenvalue weighted by molar-refractivity contribution is 6.27. The van der Waals surface area contributed by atoms with E-state index >= 15 is 0 Å². The van der Waals surface area contributed by atoms with E-state index in [4.69, 9.17) is 0 Å². The van der Waals surface area contributed by atoms with Crippen LogP contribution < -0.4 is 9.80 Å². The van der Waals surface area contributed by atoms with Crippen molar-refractivity contribution >= 4 is 120 Å². The summed E-state index contributed by atoms with van der Waals surface area (Å²) in [5.41, 5.74) is 6.80. The van der Waals surface area contributed by atoms with Crippen molar-refractivity contribution in [2.45, 2.75) is 0 Å². The molecule has 2 nitrogen and oxygen atoms in total. The average molecular weight is 761 g/mol. The molecule has 0 amide bonds. The normalized spacial score (nSPS) is 12.0. The first-order chi connectivity index (χ1) is 29.8. The van der Waals surface area contributed by atoms with E-state index in [9.17, 15) is 0 Å². The van der Waals surface area contributed by atoms with Crippen LogP contribution in [-0.4, -0.2) is 0 Å². The summed E-state index contributed by atoms with van der Waals surface area (Å²) in [7, 11) is 0. The molecule has 0 aromatic heterocycles. The Bertz CT molecular complexity index is 3340. The van der Waals surface area contributed by atoms with Crippen molar-refractivity contribution in [2.75, 3.05) is 9.80 Å². The van der Waals surface area contributed by atoms with Crippen molar-refractivity contribution in [3.63, 3.8) is 0 Å². The van der Waals surface area contributed by atoms with E-state index in [1.165, 1.54) is 86.2 Å². The molecule has 60 heavy (non-hydrogen) atoms. The van der Waals surface area contributed by atoms with Crippen LogP contribution in [0, 0.1) is 0 Å². The van der Waals surface area contributed by atoms with Crippen LogP contribution in [0.1, 0.15) is 0 Å². The van der Waals surface area contributed by atoms with Gasteiger partial charge in [0.05, 0.1) is 11.4 Å². The maximum Gasteiger partial charge on any atom is 0.0619 e. The Kier molecular flexibility index (Phi) is 7.05. The van der Waals surface area contributed by atoms with Gasteiger partial charge in [-0.25, -0.2) is 0 Å². The standard InChI is InChI=1S/C58H36N2/c1-3-17-45(18-4-1)59(47-33-41-29-25-37-13-11-14-38-26-30-42(34-47)55(41)53(37)38)57-49-21-7-9-23-51(49)58(52-24-10-8-22-50(52)57)60(46-19-5-2-6-20-46)48-35-43-31-27-39-15-12-16-40-28-32-44(36-48)56(43)54(39)40/h1-36H. The minimum absolute atomic E-state index is 1.11. The van der Waals surface area contributed by atoms with Crippen LogP contribution in [0.3, 0.4) is 0 Å². The molecule has 0 unspecified atom stereocenters. The lowest BCUT2D eigenvalue weighted by Crippen LogP contribution is -2.14. The Morgan fingerprint density at radius 3 is 0.783 bits per heavy atom. The molecule has 278 valence electrons. The van der Waals surface area contributed by atoms with Gasteiger partial charge in [0.1, 0.15) is 0 Å². The Morgan fingerprint density at radius 2 is 0.467 bits per heavy atom. The molecule has 0 radical (unpaired) electrons. The lowest BCUT2D eigenvalue weighted by atomic mass is 9.92. The van der Waals surface area contributed by atoms with Gasteiger partial charge in [-0.3, -0.25) is 0 Å². The van der Waals surface area contributed by atoms with Gasteiger partial charge in [-0.1, -0.05) is 170 Å². The molecule has 0 heterocycles. The van der Waals surface area contributed by atoms with Gasteiger partial charge >= 0.3 is 0 Å². The predicted molar refractivity (Wildman–Crippen MR) is 258 cm³/mol. The number of nitrogens with zero attached hydrogens (tertiary/aromatic N) is 2. The van der Waals surface area contributed by atoms with Crippen molar-refractivity contribution in [3.05, 3.63) is 218 Å². The van der Waals surface area contributed by atoms with Crippen LogP contribution in [0.25, 0.3) is 86.2 Å². The van der Waals surface area contributed by atoms with Crippen molar-refractivity contribution in [1.82, 2.24) is 0 Å². The summed E-state index contributed by atoms with van der Waals surface area (Å²) in [4.78, 5) is 4.98. The maximum absolute atomic E-state index is 2.49. The highest BCUT2D eigenvalue weighted by Crippen LogP contribution is 2.52. The van der Waals surface area contributed by atoms with Crippen LogP contribution >= 0.6 is 0 Å². The topological polar surface area (TPSA) is 6.48 Å². The van der Waals surface area contributed by atoms with Gasteiger partial charge in [0, 0.05) is 44.3 Å². The van der Waals surface area contributed by atoms with Crippen molar-refractivity contribution in [2.24, 2.45) is 0 Å². The van der Waals surface area contributed by atoms with Crippen LogP contribution in [0.5, 0.6) is 0 Å². The molecule has 13 aromatic carbocycles. The Labute approximate surface area is 347 Å². The van der Waals surface area contributed by atoms with Gasteiger partial charge in [-0.15, -0.1) is 0 Å². The molecule has 0 saturated heterocycles. The molecule has 13 aromatic rings. The van der Waals surface area contributed by atoms with Gasteiger partial charge < -0.3 is 9.80 Å². The fraction of sp³-hybridized carbons (Fsp3) is 0. The van der Waals surface area contributed by atoms with Crippen LogP contribution in [0.15, 0.2) is 218 Å². The minimum atomic E-state index is 1.11. The Hall–Kier alpha value is -7.94. The SMILES string of the molecule is c1ccc(N(c2cc3ccc4cccc5ccc(c2)c3c45)c2c3ccccc3c(N(c3ccccc3)c3cc4ccc5cccc6ccc(c3)c4c56)c3ccccc23)cc1. The van der Waals surface area contributed by atoms with E-state index in [-0.39, 0.29) is 0 Å². The molecule has 0 N–H and O–H groups in total. The smallest absolute Gasteiger partial charge is 0.0619 e. The number of benzene rings is 13. The molecule has 0 aliphatic carbocycles. The molecule has 0 aliphatic rings. The monoisotopic (exact) mass is 760 g/mol. The second kappa shape index (κ2) is 12.8. The van der Waals surface area contributed by atoms with Crippen molar-refractivity contribution in [1.29, 1.82) is 0 Å². The zero-order chi connectivity index (χ0) is 39.3.